The first-order chi connectivity index (χ1) is 5.17. The third kappa shape index (κ3) is 1.92. The zero-order valence-electron chi connectivity index (χ0n) is 6.53. The molecular formula is C8H12NOP. The average Bonchev–Trinajstić information content (AvgIpc) is 2.06. The van der Waals surface area contributed by atoms with Crippen LogP contribution in [0.2, 0.25) is 0 Å². The van der Waals surface area contributed by atoms with Crippen LogP contribution >= 0.6 is 7.29 Å². The van der Waals surface area contributed by atoms with Gasteiger partial charge in [0.25, 0.3) is 0 Å². The van der Waals surface area contributed by atoms with E-state index in [4.69, 9.17) is 5.50 Å². The molecule has 3 heteroatoms. The molecular weight excluding hydrogens is 157 g/mol. The zero-order chi connectivity index (χ0) is 8.32. The summed E-state index contributed by atoms with van der Waals surface area (Å²) in [5, 5.41) is 0.766. The molecule has 0 saturated carbocycles. The van der Waals surface area contributed by atoms with Crippen LogP contribution in [-0.2, 0) is 4.57 Å². The summed E-state index contributed by atoms with van der Waals surface area (Å²) in [4.78, 5) is 0. The Balaban J connectivity index is 3.03. The normalized spacial score (nSPS) is 15.8. The van der Waals surface area contributed by atoms with E-state index in [1.54, 1.807) is 0 Å². The van der Waals surface area contributed by atoms with Gasteiger partial charge in [0, 0.05) is 11.5 Å². The average molecular weight is 169 g/mol. The number of hydrogen-bond donors (Lipinski definition) is 1. The Morgan fingerprint density at radius 1 is 1.36 bits per heavy atom. The maximum atomic E-state index is 11.6. The first-order valence-corrected chi connectivity index (χ1v) is 5.56. The van der Waals surface area contributed by atoms with Gasteiger partial charge in [-0.15, -0.1) is 0 Å². The summed E-state index contributed by atoms with van der Waals surface area (Å²) in [5.41, 5.74) is 5.59. The molecule has 1 rings (SSSR count). The van der Waals surface area contributed by atoms with Crippen molar-refractivity contribution >= 4 is 12.6 Å². The molecule has 2 nitrogen and oxygen atoms in total. The second-order valence-electron chi connectivity index (χ2n) is 2.45. The monoisotopic (exact) mass is 169 g/mol. The van der Waals surface area contributed by atoms with Crippen LogP contribution in [0.1, 0.15) is 6.92 Å². The van der Waals surface area contributed by atoms with Crippen molar-refractivity contribution in [1.82, 2.24) is 0 Å². The highest BCUT2D eigenvalue weighted by Crippen LogP contribution is 2.33. The molecule has 60 valence electrons. The van der Waals surface area contributed by atoms with Gasteiger partial charge in [0.15, 0.2) is 7.29 Å². The molecule has 0 aliphatic rings. The lowest BCUT2D eigenvalue weighted by Gasteiger charge is -2.08. The van der Waals surface area contributed by atoms with Gasteiger partial charge in [0.2, 0.25) is 0 Å². The summed E-state index contributed by atoms with van der Waals surface area (Å²) < 4.78 is 11.6. The minimum atomic E-state index is -2.53. The molecule has 2 N–H and O–H groups in total. The molecule has 1 unspecified atom stereocenters. The van der Waals surface area contributed by atoms with Gasteiger partial charge in [0.05, 0.1) is 0 Å². The Morgan fingerprint density at radius 3 is 2.36 bits per heavy atom. The minimum Gasteiger partial charge on any atom is -0.302 e. The molecule has 0 heterocycles. The molecule has 0 amide bonds. The number of nitrogens with two attached hydrogens (primary N) is 1. The Hall–Kier alpha value is -0.590. The first kappa shape index (κ1) is 8.51. The van der Waals surface area contributed by atoms with E-state index < -0.39 is 7.29 Å². The van der Waals surface area contributed by atoms with Crippen molar-refractivity contribution in [2.45, 2.75) is 6.92 Å². The van der Waals surface area contributed by atoms with Crippen molar-refractivity contribution in [2.75, 3.05) is 6.16 Å². The Morgan fingerprint density at radius 2 is 1.91 bits per heavy atom. The maximum Gasteiger partial charge on any atom is 0.173 e. The summed E-state index contributed by atoms with van der Waals surface area (Å²) >= 11 is 0. The zero-order valence-corrected chi connectivity index (χ0v) is 7.42. The highest BCUT2D eigenvalue weighted by Gasteiger charge is 2.14. The van der Waals surface area contributed by atoms with Gasteiger partial charge >= 0.3 is 0 Å². The standard InChI is InChI=1S/C8H12NOP/c1-2-11(9,10)8-6-4-3-5-7-8/h3-7H,2H2,1H3,(H2,9,10). The van der Waals surface area contributed by atoms with Crippen molar-refractivity contribution in [3.8, 4) is 0 Å². The van der Waals surface area contributed by atoms with Gasteiger partial charge in [-0.3, -0.25) is 5.50 Å². The Bertz CT molecular complexity index is 271. The highest BCUT2D eigenvalue weighted by molar-refractivity contribution is 7.69. The summed E-state index contributed by atoms with van der Waals surface area (Å²) in [5.74, 6) is 0. The quantitative estimate of drug-likeness (QED) is 0.683. The van der Waals surface area contributed by atoms with Gasteiger partial charge in [0.1, 0.15) is 0 Å². The topological polar surface area (TPSA) is 43.1 Å². The Labute approximate surface area is 66.8 Å². The first-order valence-electron chi connectivity index (χ1n) is 3.60. The lowest BCUT2D eigenvalue weighted by atomic mass is 10.4. The van der Waals surface area contributed by atoms with Gasteiger partial charge < -0.3 is 4.57 Å². The van der Waals surface area contributed by atoms with Crippen LogP contribution in [0.4, 0.5) is 0 Å². The Kier molecular flexibility index (Phi) is 2.48. The third-order valence-electron chi connectivity index (χ3n) is 1.66. The predicted molar refractivity (Wildman–Crippen MR) is 48.4 cm³/mol. The van der Waals surface area contributed by atoms with Crippen LogP contribution in [-0.4, -0.2) is 6.16 Å². The molecule has 0 aliphatic heterocycles. The second-order valence-corrected chi connectivity index (χ2v) is 5.19. The van der Waals surface area contributed by atoms with Crippen LogP contribution < -0.4 is 10.8 Å². The van der Waals surface area contributed by atoms with E-state index in [1.165, 1.54) is 0 Å². The molecule has 0 fully saturated rings. The van der Waals surface area contributed by atoms with E-state index >= 15 is 0 Å². The number of hydrogen-bond acceptors (Lipinski definition) is 1. The molecule has 1 aromatic carbocycles. The summed E-state index contributed by atoms with van der Waals surface area (Å²) in [7, 11) is -2.53. The van der Waals surface area contributed by atoms with Gasteiger partial charge in [-0.25, -0.2) is 0 Å². The fourth-order valence-corrected chi connectivity index (χ4v) is 1.90. The molecule has 0 saturated heterocycles. The smallest absolute Gasteiger partial charge is 0.173 e. The molecule has 0 aromatic heterocycles. The fraction of sp³-hybridized carbons (Fsp3) is 0.250. The maximum absolute atomic E-state index is 11.6. The molecule has 0 aliphatic carbocycles. The fourth-order valence-electron chi connectivity index (χ4n) is 0.863. The van der Waals surface area contributed by atoms with Crippen LogP contribution in [0.15, 0.2) is 30.3 Å². The van der Waals surface area contributed by atoms with Gasteiger partial charge in [-0.1, -0.05) is 37.3 Å². The molecule has 1 aromatic rings. The van der Waals surface area contributed by atoms with E-state index in [9.17, 15) is 4.57 Å². The van der Waals surface area contributed by atoms with Crippen LogP contribution in [0.25, 0.3) is 0 Å². The second kappa shape index (κ2) is 3.21. The summed E-state index contributed by atoms with van der Waals surface area (Å²) in [6.45, 7) is 1.84. The van der Waals surface area contributed by atoms with Crippen LogP contribution in [0.3, 0.4) is 0 Å². The van der Waals surface area contributed by atoms with Gasteiger partial charge in [-0.05, 0) is 0 Å². The molecule has 11 heavy (non-hydrogen) atoms. The molecule has 0 spiro atoms. The third-order valence-corrected chi connectivity index (χ3v) is 3.77. The minimum absolute atomic E-state index is 0.525. The largest absolute Gasteiger partial charge is 0.302 e. The van der Waals surface area contributed by atoms with Crippen molar-refractivity contribution in [3.05, 3.63) is 30.3 Å². The van der Waals surface area contributed by atoms with E-state index in [0.29, 0.717) is 6.16 Å². The summed E-state index contributed by atoms with van der Waals surface area (Å²) in [6, 6.07) is 9.21. The molecule has 0 radical (unpaired) electrons. The van der Waals surface area contributed by atoms with E-state index in [2.05, 4.69) is 0 Å². The van der Waals surface area contributed by atoms with Crippen molar-refractivity contribution in [1.29, 1.82) is 0 Å². The SMILES string of the molecule is CCP(N)(=O)c1ccccc1. The van der Waals surface area contributed by atoms with E-state index in [1.807, 2.05) is 37.3 Å². The van der Waals surface area contributed by atoms with Crippen molar-refractivity contribution < 1.29 is 4.57 Å². The van der Waals surface area contributed by atoms with Crippen LogP contribution in [0.5, 0.6) is 0 Å². The van der Waals surface area contributed by atoms with Crippen molar-refractivity contribution in [3.63, 3.8) is 0 Å². The lowest BCUT2D eigenvalue weighted by Crippen LogP contribution is -2.12. The molecule has 0 bridgehead atoms. The highest BCUT2D eigenvalue weighted by atomic mass is 31.2. The summed E-state index contributed by atoms with van der Waals surface area (Å²) in [6.07, 6.45) is 0.525. The van der Waals surface area contributed by atoms with Crippen LogP contribution in [0, 0.1) is 0 Å². The number of benzene rings is 1. The molecule has 1 atom stereocenters. The van der Waals surface area contributed by atoms with E-state index in [-0.39, 0.29) is 0 Å². The lowest BCUT2D eigenvalue weighted by molar-refractivity contribution is 0.583. The van der Waals surface area contributed by atoms with Crippen molar-refractivity contribution in [2.24, 2.45) is 5.50 Å². The van der Waals surface area contributed by atoms with Gasteiger partial charge in [-0.2, -0.15) is 0 Å². The van der Waals surface area contributed by atoms with E-state index in [0.717, 1.165) is 5.30 Å². The predicted octanol–water partition coefficient (Wildman–Crippen LogP) is 1.57. The number of rotatable bonds is 2.